The van der Waals surface area contributed by atoms with Gasteiger partial charge in [0.25, 0.3) is 0 Å². The van der Waals surface area contributed by atoms with E-state index in [4.69, 9.17) is 21.4 Å². The van der Waals surface area contributed by atoms with Gasteiger partial charge in [0.05, 0.1) is 5.02 Å². The molecule has 1 N–H and O–H groups in total. The van der Waals surface area contributed by atoms with Crippen LogP contribution in [-0.2, 0) is 11.4 Å². The Morgan fingerprint density at radius 1 is 1.45 bits per heavy atom. The van der Waals surface area contributed by atoms with Gasteiger partial charge in [0.2, 0.25) is 0 Å². The van der Waals surface area contributed by atoms with E-state index in [9.17, 15) is 9.18 Å². The molecule has 104 valence electrons. The molecule has 0 saturated heterocycles. The molecule has 1 aromatic heterocycles. The molecule has 0 aliphatic heterocycles. The Morgan fingerprint density at radius 2 is 2.25 bits per heavy atom. The maximum atomic E-state index is 13.0. The van der Waals surface area contributed by atoms with Crippen molar-refractivity contribution in [3.05, 3.63) is 57.0 Å². The average Bonchev–Trinajstić information content (AvgIpc) is 2.86. The molecular weight excluding hydrogens is 303 g/mol. The van der Waals surface area contributed by atoms with Gasteiger partial charge in [-0.2, -0.15) is 0 Å². The number of carboxylic acids is 1. The number of rotatable bonds is 5. The molecule has 0 amide bonds. The first-order valence-corrected chi connectivity index (χ1v) is 6.86. The molecule has 1 heterocycles. The maximum Gasteiger partial charge on any atom is 0.328 e. The lowest BCUT2D eigenvalue weighted by Crippen LogP contribution is -1.93. The minimum absolute atomic E-state index is 0.0127. The van der Waals surface area contributed by atoms with E-state index < -0.39 is 11.8 Å². The highest BCUT2D eigenvalue weighted by Crippen LogP contribution is 2.23. The number of hydrogen-bond donors (Lipinski definition) is 1. The summed E-state index contributed by atoms with van der Waals surface area (Å²) in [5.74, 6) is -1.00. The molecule has 0 aliphatic rings. The summed E-state index contributed by atoms with van der Waals surface area (Å²) in [5.41, 5.74) is 0.799. The summed E-state index contributed by atoms with van der Waals surface area (Å²) in [4.78, 5) is 11.3. The van der Waals surface area contributed by atoms with Crippen LogP contribution in [0.15, 0.2) is 35.7 Å². The number of halogens is 2. The molecule has 3 nitrogen and oxygen atoms in total. The number of carboxylic acid groups (broad SMARTS) is 1. The van der Waals surface area contributed by atoms with Gasteiger partial charge in [-0.3, -0.25) is 0 Å². The quantitative estimate of drug-likeness (QED) is 0.841. The van der Waals surface area contributed by atoms with Crippen LogP contribution in [0.25, 0.3) is 6.08 Å². The van der Waals surface area contributed by atoms with Gasteiger partial charge in [0, 0.05) is 17.0 Å². The zero-order chi connectivity index (χ0) is 14.5. The van der Waals surface area contributed by atoms with E-state index in [-0.39, 0.29) is 5.02 Å². The lowest BCUT2D eigenvalue weighted by Gasteiger charge is -2.04. The first kappa shape index (κ1) is 14.6. The SMILES string of the molecule is O=C(O)C=Cc1csc(COc2ccc(F)c(Cl)c2)c1. The minimum Gasteiger partial charge on any atom is -0.488 e. The second-order valence-electron chi connectivity index (χ2n) is 3.88. The van der Waals surface area contributed by atoms with Crippen molar-refractivity contribution in [2.24, 2.45) is 0 Å². The van der Waals surface area contributed by atoms with Gasteiger partial charge >= 0.3 is 5.97 Å². The highest BCUT2D eigenvalue weighted by Gasteiger charge is 2.03. The molecule has 20 heavy (non-hydrogen) atoms. The van der Waals surface area contributed by atoms with Crippen LogP contribution >= 0.6 is 22.9 Å². The summed E-state index contributed by atoms with van der Waals surface area (Å²) in [6.07, 6.45) is 2.59. The molecule has 0 fully saturated rings. The monoisotopic (exact) mass is 312 g/mol. The number of benzene rings is 1. The molecule has 0 saturated carbocycles. The number of aliphatic carboxylic acids is 1. The van der Waals surface area contributed by atoms with Gasteiger partial charge in [-0.25, -0.2) is 9.18 Å². The fourth-order valence-electron chi connectivity index (χ4n) is 1.45. The number of ether oxygens (including phenoxy) is 1. The summed E-state index contributed by atoms with van der Waals surface area (Å²) >= 11 is 7.11. The van der Waals surface area contributed by atoms with Crippen LogP contribution in [-0.4, -0.2) is 11.1 Å². The molecule has 0 atom stereocenters. The fourth-order valence-corrected chi connectivity index (χ4v) is 2.39. The lowest BCUT2D eigenvalue weighted by molar-refractivity contribution is -0.131. The van der Waals surface area contributed by atoms with E-state index in [0.717, 1.165) is 16.5 Å². The van der Waals surface area contributed by atoms with Crippen LogP contribution in [0.4, 0.5) is 4.39 Å². The van der Waals surface area contributed by atoms with E-state index in [1.807, 2.05) is 11.4 Å². The van der Waals surface area contributed by atoms with Crippen LogP contribution in [0.3, 0.4) is 0 Å². The summed E-state index contributed by atoms with van der Waals surface area (Å²) < 4.78 is 18.5. The van der Waals surface area contributed by atoms with Crippen LogP contribution in [0, 0.1) is 5.82 Å². The van der Waals surface area contributed by atoms with Gasteiger partial charge in [0.1, 0.15) is 18.2 Å². The highest BCUT2D eigenvalue weighted by molar-refractivity contribution is 7.10. The van der Waals surface area contributed by atoms with Crippen molar-refractivity contribution < 1.29 is 19.0 Å². The predicted octanol–water partition coefficient (Wildman–Crippen LogP) is 4.22. The Bertz CT molecular complexity index is 652. The first-order chi connectivity index (χ1) is 9.54. The van der Waals surface area contributed by atoms with E-state index >= 15 is 0 Å². The van der Waals surface area contributed by atoms with E-state index in [0.29, 0.717) is 12.4 Å². The summed E-state index contributed by atoms with van der Waals surface area (Å²) in [5, 5.41) is 10.4. The lowest BCUT2D eigenvalue weighted by atomic mass is 10.3. The second-order valence-corrected chi connectivity index (χ2v) is 5.29. The second kappa shape index (κ2) is 6.54. The molecule has 6 heteroatoms. The van der Waals surface area contributed by atoms with Crippen molar-refractivity contribution in [1.29, 1.82) is 0 Å². The zero-order valence-electron chi connectivity index (χ0n) is 10.2. The maximum absolute atomic E-state index is 13.0. The standard InChI is InChI=1S/C14H10ClFO3S/c15-12-6-10(2-3-13(12)16)19-7-11-5-9(8-20-11)1-4-14(17)18/h1-6,8H,7H2,(H,17,18). The molecule has 0 unspecified atom stereocenters. The van der Waals surface area contributed by atoms with Crippen molar-refractivity contribution in [2.45, 2.75) is 6.61 Å². The summed E-state index contributed by atoms with van der Waals surface area (Å²) in [7, 11) is 0. The third-order valence-corrected chi connectivity index (χ3v) is 3.58. The highest BCUT2D eigenvalue weighted by atomic mass is 35.5. The number of carbonyl (C=O) groups is 1. The Labute approximate surface area is 123 Å². The van der Waals surface area contributed by atoms with E-state index in [2.05, 4.69) is 0 Å². The van der Waals surface area contributed by atoms with Crippen molar-refractivity contribution in [2.75, 3.05) is 0 Å². The number of hydrogen-bond acceptors (Lipinski definition) is 3. The minimum atomic E-state index is -0.991. The third kappa shape index (κ3) is 4.08. The molecule has 0 aliphatic carbocycles. The van der Waals surface area contributed by atoms with Gasteiger partial charge in [-0.15, -0.1) is 11.3 Å². The van der Waals surface area contributed by atoms with Gasteiger partial charge in [-0.05, 0) is 35.2 Å². The summed E-state index contributed by atoms with van der Waals surface area (Å²) in [6.45, 7) is 0.313. The van der Waals surface area contributed by atoms with Crippen molar-refractivity contribution in [1.82, 2.24) is 0 Å². The first-order valence-electron chi connectivity index (χ1n) is 5.61. The average molecular weight is 313 g/mol. The molecule has 0 radical (unpaired) electrons. The fraction of sp³-hybridized carbons (Fsp3) is 0.0714. The molecule has 1 aromatic carbocycles. The Hall–Kier alpha value is -1.85. The van der Waals surface area contributed by atoms with Crippen LogP contribution in [0.2, 0.25) is 5.02 Å². The van der Waals surface area contributed by atoms with Crippen molar-refractivity contribution in [3.8, 4) is 5.75 Å². The summed E-state index contributed by atoms with van der Waals surface area (Å²) in [6, 6.07) is 5.98. The van der Waals surface area contributed by atoms with Crippen molar-refractivity contribution in [3.63, 3.8) is 0 Å². The predicted molar refractivity (Wildman–Crippen MR) is 76.7 cm³/mol. The molecule has 2 rings (SSSR count). The smallest absolute Gasteiger partial charge is 0.328 e. The van der Waals surface area contributed by atoms with Gasteiger partial charge < -0.3 is 9.84 Å². The van der Waals surface area contributed by atoms with E-state index in [1.54, 1.807) is 0 Å². The zero-order valence-corrected chi connectivity index (χ0v) is 11.7. The topological polar surface area (TPSA) is 46.5 Å². The van der Waals surface area contributed by atoms with Crippen LogP contribution in [0.1, 0.15) is 10.4 Å². The van der Waals surface area contributed by atoms with Gasteiger partial charge in [0.15, 0.2) is 0 Å². The number of thiophene rings is 1. The normalized spacial score (nSPS) is 10.9. The molecule has 0 spiro atoms. The third-order valence-electron chi connectivity index (χ3n) is 2.36. The molecular formula is C14H10ClFO3S. The van der Waals surface area contributed by atoms with E-state index in [1.165, 1.54) is 35.6 Å². The van der Waals surface area contributed by atoms with Crippen LogP contribution < -0.4 is 4.74 Å². The molecule has 0 bridgehead atoms. The largest absolute Gasteiger partial charge is 0.488 e. The van der Waals surface area contributed by atoms with Crippen LogP contribution in [0.5, 0.6) is 5.75 Å². The van der Waals surface area contributed by atoms with Gasteiger partial charge in [-0.1, -0.05) is 11.6 Å². The Morgan fingerprint density at radius 3 is 2.95 bits per heavy atom. The van der Waals surface area contributed by atoms with Crippen molar-refractivity contribution >= 4 is 35.0 Å². The Balaban J connectivity index is 1.97. The molecule has 2 aromatic rings. The Kier molecular flexibility index (Phi) is 4.76.